The molecule has 0 spiro atoms. The third kappa shape index (κ3) is 4.50. The number of aryl methyl sites for hydroxylation is 1. The van der Waals surface area contributed by atoms with E-state index in [0.717, 1.165) is 5.56 Å². The largest absolute Gasteiger partial charge is 0.465 e. The first-order valence-electron chi connectivity index (χ1n) is 7.07. The Morgan fingerprint density at radius 1 is 1.17 bits per heavy atom. The molecule has 1 aromatic carbocycles. The third-order valence-electron chi connectivity index (χ3n) is 3.31. The van der Waals surface area contributed by atoms with Gasteiger partial charge in [-0.2, -0.15) is 0 Å². The van der Waals surface area contributed by atoms with Crippen LogP contribution in [0.4, 0.5) is 5.69 Å². The Morgan fingerprint density at radius 3 is 2.61 bits per heavy atom. The van der Waals surface area contributed by atoms with E-state index in [2.05, 4.69) is 10.1 Å². The van der Waals surface area contributed by atoms with E-state index in [0.29, 0.717) is 16.1 Å². The van der Waals surface area contributed by atoms with Crippen LogP contribution in [0.2, 0.25) is 0 Å². The summed E-state index contributed by atoms with van der Waals surface area (Å²) in [5.41, 5.74) is 1.74. The topological polar surface area (TPSA) is 72.5 Å². The number of Topliss-reactive ketones (excluding diaryl/α,β-unsaturated/α-hetero) is 1. The van der Waals surface area contributed by atoms with Gasteiger partial charge in [-0.3, -0.25) is 9.59 Å². The van der Waals surface area contributed by atoms with Crippen LogP contribution in [-0.4, -0.2) is 24.8 Å². The third-order valence-corrected chi connectivity index (χ3v) is 4.22. The molecule has 1 heterocycles. The normalized spacial score (nSPS) is 10.2. The molecule has 2 rings (SSSR count). The summed E-state index contributed by atoms with van der Waals surface area (Å²) < 4.78 is 4.66. The molecular formula is C17H17NO4S. The summed E-state index contributed by atoms with van der Waals surface area (Å²) in [4.78, 5) is 36.1. The standard InChI is InChI=1S/C17H17NO4S/c1-11-5-6-12(17(21)22-2)10-13(11)18-16(20)8-7-14(19)15-4-3-9-23-15/h3-6,9-10H,7-8H2,1-2H3,(H,18,20). The van der Waals surface area contributed by atoms with Crippen LogP contribution in [0.1, 0.15) is 38.4 Å². The number of nitrogens with one attached hydrogen (secondary N) is 1. The number of thiophene rings is 1. The van der Waals surface area contributed by atoms with Crippen LogP contribution in [0.25, 0.3) is 0 Å². The molecule has 0 aliphatic carbocycles. The zero-order chi connectivity index (χ0) is 16.8. The summed E-state index contributed by atoms with van der Waals surface area (Å²) in [5.74, 6) is -0.774. The van der Waals surface area contributed by atoms with E-state index in [4.69, 9.17) is 0 Å². The fourth-order valence-corrected chi connectivity index (χ4v) is 2.70. The molecule has 0 saturated carbocycles. The molecule has 1 N–H and O–H groups in total. The van der Waals surface area contributed by atoms with Gasteiger partial charge in [0, 0.05) is 18.5 Å². The molecular weight excluding hydrogens is 314 g/mol. The van der Waals surface area contributed by atoms with Gasteiger partial charge in [0.05, 0.1) is 17.6 Å². The summed E-state index contributed by atoms with van der Waals surface area (Å²) in [6, 6.07) is 8.49. The molecule has 5 nitrogen and oxygen atoms in total. The van der Waals surface area contributed by atoms with E-state index in [-0.39, 0.29) is 24.5 Å². The first kappa shape index (κ1) is 16.9. The van der Waals surface area contributed by atoms with Crippen LogP contribution >= 0.6 is 11.3 Å². The predicted molar refractivity (Wildman–Crippen MR) is 89.0 cm³/mol. The highest BCUT2D eigenvalue weighted by molar-refractivity contribution is 7.12. The maximum Gasteiger partial charge on any atom is 0.337 e. The van der Waals surface area contributed by atoms with Crippen molar-refractivity contribution >= 4 is 34.7 Å². The van der Waals surface area contributed by atoms with E-state index in [1.54, 1.807) is 30.3 Å². The zero-order valence-electron chi connectivity index (χ0n) is 12.9. The first-order chi connectivity index (χ1) is 11.0. The SMILES string of the molecule is COC(=O)c1ccc(C)c(NC(=O)CCC(=O)c2cccs2)c1. The van der Waals surface area contributed by atoms with E-state index >= 15 is 0 Å². The number of anilines is 1. The van der Waals surface area contributed by atoms with Crippen molar-refractivity contribution in [1.82, 2.24) is 0 Å². The van der Waals surface area contributed by atoms with Crippen LogP contribution in [0.3, 0.4) is 0 Å². The van der Waals surface area contributed by atoms with Gasteiger partial charge in [0.25, 0.3) is 0 Å². The molecule has 0 radical (unpaired) electrons. The average Bonchev–Trinajstić information content (AvgIpc) is 3.08. The molecule has 23 heavy (non-hydrogen) atoms. The molecule has 1 aromatic heterocycles. The minimum Gasteiger partial charge on any atom is -0.465 e. The van der Waals surface area contributed by atoms with Gasteiger partial charge in [0.2, 0.25) is 5.91 Å². The molecule has 0 fully saturated rings. The number of benzene rings is 1. The van der Waals surface area contributed by atoms with E-state index < -0.39 is 5.97 Å². The highest BCUT2D eigenvalue weighted by atomic mass is 32.1. The Kier molecular flexibility index (Phi) is 5.65. The highest BCUT2D eigenvalue weighted by Crippen LogP contribution is 2.18. The maximum atomic E-state index is 12.0. The molecule has 0 saturated heterocycles. The molecule has 0 unspecified atom stereocenters. The van der Waals surface area contributed by atoms with Gasteiger partial charge < -0.3 is 10.1 Å². The molecule has 120 valence electrons. The number of carbonyl (C=O) groups is 3. The second kappa shape index (κ2) is 7.69. The van der Waals surface area contributed by atoms with Gasteiger partial charge >= 0.3 is 5.97 Å². The molecule has 0 atom stereocenters. The summed E-state index contributed by atoms with van der Waals surface area (Å²) >= 11 is 1.36. The Balaban J connectivity index is 1.97. The second-order valence-corrected chi connectivity index (χ2v) is 5.92. The smallest absolute Gasteiger partial charge is 0.337 e. The molecule has 0 aliphatic rings. The summed E-state index contributed by atoms with van der Waals surface area (Å²) in [6.07, 6.45) is 0.251. The summed E-state index contributed by atoms with van der Waals surface area (Å²) in [6.45, 7) is 1.83. The average molecular weight is 331 g/mol. The maximum absolute atomic E-state index is 12.0. The van der Waals surface area contributed by atoms with Crippen LogP contribution in [-0.2, 0) is 9.53 Å². The van der Waals surface area contributed by atoms with Gasteiger partial charge in [0.1, 0.15) is 0 Å². The number of hydrogen-bond donors (Lipinski definition) is 1. The highest BCUT2D eigenvalue weighted by Gasteiger charge is 2.13. The number of amides is 1. The van der Waals surface area contributed by atoms with Gasteiger partial charge in [-0.05, 0) is 36.1 Å². The molecule has 6 heteroatoms. The number of carbonyl (C=O) groups excluding carboxylic acids is 3. The van der Waals surface area contributed by atoms with Crippen molar-refractivity contribution < 1.29 is 19.1 Å². The zero-order valence-corrected chi connectivity index (χ0v) is 13.7. The number of methoxy groups -OCH3 is 1. The van der Waals surface area contributed by atoms with Crippen LogP contribution < -0.4 is 5.32 Å². The van der Waals surface area contributed by atoms with E-state index in [1.807, 2.05) is 12.3 Å². The van der Waals surface area contributed by atoms with Crippen LogP contribution in [0, 0.1) is 6.92 Å². The van der Waals surface area contributed by atoms with Crippen LogP contribution in [0.15, 0.2) is 35.7 Å². The quantitative estimate of drug-likeness (QED) is 0.650. The minimum atomic E-state index is -0.464. The van der Waals surface area contributed by atoms with Crippen molar-refractivity contribution in [2.75, 3.05) is 12.4 Å². The monoisotopic (exact) mass is 331 g/mol. The Bertz CT molecular complexity index is 722. The fraction of sp³-hybridized carbons (Fsp3) is 0.235. The second-order valence-electron chi connectivity index (χ2n) is 4.97. The van der Waals surface area contributed by atoms with Crippen molar-refractivity contribution in [2.24, 2.45) is 0 Å². The van der Waals surface area contributed by atoms with Gasteiger partial charge in [-0.25, -0.2) is 4.79 Å². The van der Waals surface area contributed by atoms with Crippen molar-refractivity contribution in [3.8, 4) is 0 Å². The lowest BCUT2D eigenvalue weighted by atomic mass is 10.1. The van der Waals surface area contributed by atoms with Crippen molar-refractivity contribution in [1.29, 1.82) is 0 Å². The molecule has 1 amide bonds. The first-order valence-corrected chi connectivity index (χ1v) is 7.94. The predicted octanol–water partition coefficient (Wildman–Crippen LogP) is 3.44. The number of esters is 1. The number of ketones is 1. The number of ether oxygens (including phenoxy) is 1. The molecule has 0 bridgehead atoms. The lowest BCUT2D eigenvalue weighted by Crippen LogP contribution is -2.14. The Morgan fingerprint density at radius 2 is 1.96 bits per heavy atom. The minimum absolute atomic E-state index is 0.0461. The molecule has 0 aliphatic heterocycles. The number of rotatable bonds is 6. The lowest BCUT2D eigenvalue weighted by molar-refractivity contribution is -0.116. The Labute approximate surface area is 138 Å². The van der Waals surface area contributed by atoms with Crippen molar-refractivity contribution in [2.45, 2.75) is 19.8 Å². The van der Waals surface area contributed by atoms with Crippen LogP contribution in [0.5, 0.6) is 0 Å². The lowest BCUT2D eigenvalue weighted by Gasteiger charge is -2.09. The van der Waals surface area contributed by atoms with Crippen molar-refractivity contribution in [3.63, 3.8) is 0 Å². The Hall–Kier alpha value is -2.47. The molecule has 2 aromatic rings. The van der Waals surface area contributed by atoms with E-state index in [9.17, 15) is 14.4 Å². The fourth-order valence-electron chi connectivity index (χ4n) is 2.00. The van der Waals surface area contributed by atoms with E-state index in [1.165, 1.54) is 18.4 Å². The number of hydrogen-bond acceptors (Lipinski definition) is 5. The van der Waals surface area contributed by atoms with Gasteiger partial charge in [-0.1, -0.05) is 12.1 Å². The summed E-state index contributed by atoms with van der Waals surface area (Å²) in [5, 5.41) is 4.56. The van der Waals surface area contributed by atoms with Gasteiger partial charge in [0.15, 0.2) is 5.78 Å². The van der Waals surface area contributed by atoms with Gasteiger partial charge in [-0.15, -0.1) is 11.3 Å². The van der Waals surface area contributed by atoms with Crippen molar-refractivity contribution in [3.05, 3.63) is 51.7 Å². The summed E-state index contributed by atoms with van der Waals surface area (Å²) in [7, 11) is 1.30.